The molecule has 2 N–H and O–H groups in total. The van der Waals surface area contributed by atoms with Crippen LogP contribution in [-0.4, -0.2) is 63.3 Å². The lowest BCUT2D eigenvalue weighted by molar-refractivity contribution is 0.148. The van der Waals surface area contributed by atoms with Gasteiger partial charge in [-0.15, -0.1) is 0 Å². The highest BCUT2D eigenvalue weighted by Crippen LogP contribution is 2.26. The standard InChI is InChI=1S/C21H28N4O3/c1-24-8-10-25(11-9-24)15-16-4-6-17(7-5-16)22-21(26)23-18-12-19(27-2)14-20(13-18)28-3/h4-7,12-14H,8-11,15H2,1-3H3,(H2,22,23,26). The molecule has 2 aromatic rings. The molecule has 0 unspecified atom stereocenters. The van der Waals surface area contributed by atoms with Gasteiger partial charge in [-0.1, -0.05) is 12.1 Å². The lowest BCUT2D eigenvalue weighted by Gasteiger charge is -2.32. The van der Waals surface area contributed by atoms with Crippen LogP contribution in [0.5, 0.6) is 11.5 Å². The van der Waals surface area contributed by atoms with E-state index in [1.165, 1.54) is 5.56 Å². The third kappa shape index (κ3) is 5.61. The molecule has 0 spiro atoms. The van der Waals surface area contributed by atoms with Gasteiger partial charge >= 0.3 is 6.03 Å². The number of amides is 2. The molecule has 3 rings (SSSR count). The van der Waals surface area contributed by atoms with E-state index < -0.39 is 0 Å². The number of anilines is 2. The van der Waals surface area contributed by atoms with Crippen molar-refractivity contribution in [3.8, 4) is 11.5 Å². The normalized spacial score (nSPS) is 15.1. The van der Waals surface area contributed by atoms with Gasteiger partial charge in [0, 0.05) is 62.3 Å². The van der Waals surface area contributed by atoms with Gasteiger partial charge in [0.15, 0.2) is 0 Å². The van der Waals surface area contributed by atoms with Crippen LogP contribution in [0.4, 0.5) is 16.2 Å². The first-order valence-corrected chi connectivity index (χ1v) is 9.36. The van der Waals surface area contributed by atoms with E-state index in [4.69, 9.17) is 9.47 Å². The summed E-state index contributed by atoms with van der Waals surface area (Å²) in [6.07, 6.45) is 0. The Morgan fingerprint density at radius 2 is 1.46 bits per heavy atom. The van der Waals surface area contributed by atoms with Crippen molar-refractivity contribution in [2.45, 2.75) is 6.54 Å². The molecule has 28 heavy (non-hydrogen) atoms. The summed E-state index contributed by atoms with van der Waals surface area (Å²) in [5.74, 6) is 1.23. The monoisotopic (exact) mass is 384 g/mol. The van der Waals surface area contributed by atoms with E-state index in [-0.39, 0.29) is 6.03 Å². The summed E-state index contributed by atoms with van der Waals surface area (Å²) in [5, 5.41) is 5.65. The van der Waals surface area contributed by atoms with Crippen LogP contribution < -0.4 is 20.1 Å². The maximum Gasteiger partial charge on any atom is 0.323 e. The highest BCUT2D eigenvalue weighted by molar-refractivity contribution is 6.00. The van der Waals surface area contributed by atoms with Gasteiger partial charge in [0.1, 0.15) is 11.5 Å². The smallest absolute Gasteiger partial charge is 0.323 e. The van der Waals surface area contributed by atoms with Crippen LogP contribution in [0.15, 0.2) is 42.5 Å². The third-order valence-corrected chi connectivity index (χ3v) is 4.82. The number of urea groups is 1. The molecule has 1 saturated heterocycles. The zero-order valence-electron chi connectivity index (χ0n) is 16.7. The molecule has 0 aromatic heterocycles. The number of hydrogen-bond acceptors (Lipinski definition) is 5. The van der Waals surface area contributed by atoms with Gasteiger partial charge in [-0.25, -0.2) is 4.79 Å². The molecule has 0 radical (unpaired) electrons. The summed E-state index contributed by atoms with van der Waals surface area (Å²) >= 11 is 0. The summed E-state index contributed by atoms with van der Waals surface area (Å²) in [7, 11) is 5.30. The maximum atomic E-state index is 12.3. The highest BCUT2D eigenvalue weighted by Gasteiger charge is 2.14. The van der Waals surface area contributed by atoms with Gasteiger partial charge in [-0.2, -0.15) is 0 Å². The lowest BCUT2D eigenvalue weighted by atomic mass is 10.2. The van der Waals surface area contributed by atoms with E-state index in [0.29, 0.717) is 17.2 Å². The fourth-order valence-electron chi connectivity index (χ4n) is 3.13. The molecule has 7 nitrogen and oxygen atoms in total. The molecule has 0 saturated carbocycles. The zero-order valence-corrected chi connectivity index (χ0v) is 16.7. The molecule has 0 atom stereocenters. The molecule has 1 heterocycles. The Balaban J connectivity index is 1.54. The van der Waals surface area contributed by atoms with Crippen molar-refractivity contribution < 1.29 is 14.3 Å². The Morgan fingerprint density at radius 1 is 0.893 bits per heavy atom. The fourth-order valence-corrected chi connectivity index (χ4v) is 3.13. The first kappa shape index (κ1) is 20.0. The van der Waals surface area contributed by atoms with Crippen LogP contribution in [0.2, 0.25) is 0 Å². The average Bonchev–Trinajstić information content (AvgIpc) is 2.70. The highest BCUT2D eigenvalue weighted by atomic mass is 16.5. The second kappa shape index (κ2) is 9.43. The third-order valence-electron chi connectivity index (χ3n) is 4.82. The van der Waals surface area contributed by atoms with Crippen molar-refractivity contribution in [1.82, 2.24) is 9.80 Å². The molecule has 1 aliphatic heterocycles. The molecule has 150 valence electrons. The Hall–Kier alpha value is -2.77. The van der Waals surface area contributed by atoms with E-state index in [1.54, 1.807) is 32.4 Å². The minimum absolute atomic E-state index is 0.317. The van der Waals surface area contributed by atoms with Crippen molar-refractivity contribution in [3.05, 3.63) is 48.0 Å². The minimum atomic E-state index is -0.317. The Bertz CT molecular complexity index is 764. The van der Waals surface area contributed by atoms with Gasteiger partial charge in [-0.3, -0.25) is 4.90 Å². The summed E-state index contributed by atoms with van der Waals surface area (Å²) in [4.78, 5) is 17.1. The van der Waals surface area contributed by atoms with Crippen LogP contribution in [0.25, 0.3) is 0 Å². The number of nitrogens with zero attached hydrogens (tertiary/aromatic N) is 2. The number of methoxy groups -OCH3 is 2. The predicted molar refractivity (Wildman–Crippen MR) is 111 cm³/mol. The first-order chi connectivity index (χ1) is 13.6. The van der Waals surface area contributed by atoms with Crippen LogP contribution >= 0.6 is 0 Å². The van der Waals surface area contributed by atoms with Gasteiger partial charge in [-0.05, 0) is 24.7 Å². The SMILES string of the molecule is COc1cc(NC(=O)Nc2ccc(CN3CCN(C)CC3)cc2)cc(OC)c1. The summed E-state index contributed by atoms with van der Waals surface area (Å²) in [6, 6.07) is 12.9. The van der Waals surface area contributed by atoms with Gasteiger partial charge < -0.3 is 25.0 Å². The number of hydrogen-bond donors (Lipinski definition) is 2. The van der Waals surface area contributed by atoms with Crippen molar-refractivity contribution in [2.24, 2.45) is 0 Å². The number of benzene rings is 2. The number of carbonyl (C=O) groups excluding carboxylic acids is 1. The van der Waals surface area contributed by atoms with Gasteiger partial charge in [0.05, 0.1) is 14.2 Å². The predicted octanol–water partition coefficient (Wildman–Crippen LogP) is 3.10. The Morgan fingerprint density at radius 3 is 2.04 bits per heavy atom. The number of nitrogens with one attached hydrogen (secondary N) is 2. The van der Waals surface area contributed by atoms with E-state index in [0.717, 1.165) is 38.4 Å². The number of ether oxygens (including phenoxy) is 2. The molecule has 0 bridgehead atoms. The van der Waals surface area contributed by atoms with Gasteiger partial charge in [0.2, 0.25) is 0 Å². The second-order valence-electron chi connectivity index (χ2n) is 6.96. The van der Waals surface area contributed by atoms with Crippen LogP contribution in [-0.2, 0) is 6.54 Å². The molecule has 2 aromatic carbocycles. The molecular weight excluding hydrogens is 356 g/mol. The summed E-state index contributed by atoms with van der Waals surface area (Å²) in [5.41, 5.74) is 2.59. The topological polar surface area (TPSA) is 66.1 Å². The number of piperazine rings is 1. The van der Waals surface area contributed by atoms with E-state index in [9.17, 15) is 4.79 Å². The van der Waals surface area contributed by atoms with Crippen LogP contribution in [0, 0.1) is 0 Å². The fraction of sp³-hybridized carbons (Fsp3) is 0.381. The van der Waals surface area contributed by atoms with Gasteiger partial charge in [0.25, 0.3) is 0 Å². The van der Waals surface area contributed by atoms with Crippen molar-refractivity contribution in [2.75, 3.05) is 58.1 Å². The summed E-state index contributed by atoms with van der Waals surface area (Å²) in [6.45, 7) is 5.32. The lowest BCUT2D eigenvalue weighted by Crippen LogP contribution is -2.43. The van der Waals surface area contributed by atoms with E-state index in [2.05, 4.69) is 39.6 Å². The molecule has 1 aliphatic rings. The number of carbonyl (C=O) groups is 1. The minimum Gasteiger partial charge on any atom is -0.497 e. The summed E-state index contributed by atoms with van der Waals surface area (Å²) < 4.78 is 10.4. The Kier molecular flexibility index (Phi) is 6.73. The van der Waals surface area contributed by atoms with Crippen molar-refractivity contribution in [1.29, 1.82) is 0 Å². The van der Waals surface area contributed by atoms with Crippen LogP contribution in [0.1, 0.15) is 5.56 Å². The zero-order chi connectivity index (χ0) is 19.9. The average molecular weight is 384 g/mol. The van der Waals surface area contributed by atoms with E-state index >= 15 is 0 Å². The molecule has 2 amide bonds. The molecule has 7 heteroatoms. The maximum absolute atomic E-state index is 12.3. The van der Waals surface area contributed by atoms with Crippen molar-refractivity contribution in [3.63, 3.8) is 0 Å². The Labute approximate surface area is 166 Å². The molecular formula is C21H28N4O3. The van der Waals surface area contributed by atoms with Crippen LogP contribution in [0.3, 0.4) is 0 Å². The van der Waals surface area contributed by atoms with Crippen molar-refractivity contribution >= 4 is 17.4 Å². The number of rotatable bonds is 6. The molecule has 1 fully saturated rings. The largest absolute Gasteiger partial charge is 0.497 e. The second-order valence-corrected chi connectivity index (χ2v) is 6.96. The number of likely N-dealkylation sites (N-methyl/N-ethyl adjacent to an activating group) is 1. The quantitative estimate of drug-likeness (QED) is 0.801. The molecule has 0 aliphatic carbocycles. The first-order valence-electron chi connectivity index (χ1n) is 9.36. The van der Waals surface area contributed by atoms with E-state index in [1.807, 2.05) is 12.1 Å².